The molecule has 0 saturated carbocycles. The van der Waals surface area contributed by atoms with Crippen LogP contribution in [0.4, 0.5) is 0 Å². The normalized spacial score (nSPS) is 10.1. The van der Waals surface area contributed by atoms with E-state index in [0.29, 0.717) is 16.7 Å². The van der Waals surface area contributed by atoms with Crippen LogP contribution in [-0.2, 0) is 5.75 Å². The van der Waals surface area contributed by atoms with Gasteiger partial charge in [-0.1, -0.05) is 11.8 Å². The molecule has 15 heavy (non-hydrogen) atoms. The van der Waals surface area contributed by atoms with Crippen molar-refractivity contribution in [2.24, 2.45) is 0 Å². The van der Waals surface area contributed by atoms with E-state index in [-0.39, 0.29) is 5.43 Å². The molecule has 0 N–H and O–H groups in total. The van der Waals surface area contributed by atoms with Crippen LogP contribution in [-0.4, -0.2) is 9.97 Å². The molecule has 0 unspecified atom stereocenters. The van der Waals surface area contributed by atoms with Crippen LogP contribution in [0.3, 0.4) is 0 Å². The van der Waals surface area contributed by atoms with E-state index < -0.39 is 0 Å². The summed E-state index contributed by atoms with van der Waals surface area (Å²) in [5.74, 6) is 1.18. The van der Waals surface area contributed by atoms with Crippen molar-refractivity contribution in [3.63, 3.8) is 0 Å². The highest BCUT2D eigenvalue weighted by Gasteiger charge is 2.00. The van der Waals surface area contributed by atoms with Crippen LogP contribution in [0.5, 0.6) is 0 Å². The maximum atomic E-state index is 11.0. The predicted molar refractivity (Wildman–Crippen MR) is 56.6 cm³/mol. The van der Waals surface area contributed by atoms with Crippen LogP contribution in [0.1, 0.15) is 5.76 Å². The van der Waals surface area contributed by atoms with Gasteiger partial charge >= 0.3 is 0 Å². The lowest BCUT2D eigenvalue weighted by Gasteiger charge is -1.97. The SMILES string of the molecule is O=c1ccoc(CSc2ncccn2)c1. The van der Waals surface area contributed by atoms with Gasteiger partial charge in [0.2, 0.25) is 0 Å². The van der Waals surface area contributed by atoms with Crippen molar-refractivity contribution < 1.29 is 4.42 Å². The molecule has 0 radical (unpaired) electrons. The molecule has 0 aliphatic heterocycles. The summed E-state index contributed by atoms with van der Waals surface area (Å²) in [4.78, 5) is 19.1. The topological polar surface area (TPSA) is 56.0 Å². The monoisotopic (exact) mass is 220 g/mol. The van der Waals surface area contributed by atoms with E-state index in [9.17, 15) is 4.79 Å². The molecule has 0 spiro atoms. The van der Waals surface area contributed by atoms with E-state index in [2.05, 4.69) is 9.97 Å². The summed E-state index contributed by atoms with van der Waals surface area (Å²) >= 11 is 1.43. The Labute approximate surface area is 90.4 Å². The highest BCUT2D eigenvalue weighted by Crippen LogP contribution is 2.16. The first-order valence-corrected chi connectivity index (χ1v) is 5.31. The average Bonchev–Trinajstić information content (AvgIpc) is 2.28. The number of hydrogen-bond acceptors (Lipinski definition) is 5. The Hall–Kier alpha value is -1.62. The van der Waals surface area contributed by atoms with Crippen LogP contribution in [0.2, 0.25) is 0 Å². The third kappa shape index (κ3) is 2.92. The third-order valence-corrected chi connectivity index (χ3v) is 2.54. The van der Waals surface area contributed by atoms with E-state index in [1.54, 1.807) is 18.5 Å². The molecule has 0 amide bonds. The largest absolute Gasteiger partial charge is 0.468 e. The quantitative estimate of drug-likeness (QED) is 0.582. The first-order chi connectivity index (χ1) is 7.34. The van der Waals surface area contributed by atoms with Gasteiger partial charge in [-0.15, -0.1) is 0 Å². The van der Waals surface area contributed by atoms with Crippen LogP contribution in [0, 0.1) is 0 Å². The standard InChI is InChI=1S/C10H8N2O2S/c13-8-2-5-14-9(6-8)7-15-10-11-3-1-4-12-10/h1-6H,7H2. The number of nitrogens with zero attached hydrogens (tertiary/aromatic N) is 2. The third-order valence-electron chi connectivity index (χ3n) is 1.64. The maximum absolute atomic E-state index is 11.0. The minimum Gasteiger partial charge on any atom is -0.468 e. The fourth-order valence-electron chi connectivity index (χ4n) is 1.00. The van der Waals surface area contributed by atoms with Gasteiger partial charge in [0.1, 0.15) is 5.76 Å². The van der Waals surface area contributed by atoms with Crippen molar-refractivity contribution >= 4 is 11.8 Å². The van der Waals surface area contributed by atoms with E-state index in [1.165, 1.54) is 30.2 Å². The molecule has 0 atom stereocenters. The van der Waals surface area contributed by atoms with Gasteiger partial charge in [0.25, 0.3) is 0 Å². The highest BCUT2D eigenvalue weighted by molar-refractivity contribution is 7.98. The van der Waals surface area contributed by atoms with Crippen molar-refractivity contribution in [3.05, 3.63) is 52.8 Å². The molecule has 5 heteroatoms. The highest BCUT2D eigenvalue weighted by atomic mass is 32.2. The van der Waals surface area contributed by atoms with E-state index in [0.717, 1.165) is 0 Å². The van der Waals surface area contributed by atoms with Gasteiger partial charge in [-0.2, -0.15) is 0 Å². The van der Waals surface area contributed by atoms with Crippen LogP contribution in [0.15, 0.2) is 51.2 Å². The second kappa shape index (κ2) is 4.75. The molecule has 0 aromatic carbocycles. The van der Waals surface area contributed by atoms with Crippen LogP contribution < -0.4 is 5.43 Å². The Kier molecular flexibility index (Phi) is 3.14. The summed E-state index contributed by atoms with van der Waals surface area (Å²) in [7, 11) is 0. The Morgan fingerprint density at radius 1 is 1.33 bits per heavy atom. The summed E-state index contributed by atoms with van der Waals surface area (Å²) in [5.41, 5.74) is -0.0502. The minimum atomic E-state index is -0.0502. The van der Waals surface area contributed by atoms with Gasteiger partial charge in [0.05, 0.1) is 12.0 Å². The lowest BCUT2D eigenvalue weighted by Crippen LogP contribution is -1.97. The zero-order valence-electron chi connectivity index (χ0n) is 7.79. The van der Waals surface area contributed by atoms with Crippen molar-refractivity contribution in [1.29, 1.82) is 0 Å². The Bertz CT molecular complexity index is 484. The molecule has 0 aliphatic rings. The number of thioether (sulfide) groups is 1. The Balaban J connectivity index is 2.02. The molecule has 76 valence electrons. The fraction of sp³-hybridized carbons (Fsp3) is 0.100. The Morgan fingerprint density at radius 2 is 2.13 bits per heavy atom. The lowest BCUT2D eigenvalue weighted by atomic mass is 10.4. The summed E-state index contributed by atoms with van der Waals surface area (Å²) in [5, 5.41) is 0.670. The van der Waals surface area contributed by atoms with E-state index >= 15 is 0 Å². The molecule has 0 aliphatic carbocycles. The van der Waals surface area contributed by atoms with Gasteiger partial charge < -0.3 is 4.42 Å². The van der Waals surface area contributed by atoms with Gasteiger partial charge in [-0.25, -0.2) is 9.97 Å². The molecule has 2 aromatic heterocycles. The number of rotatable bonds is 3. The second-order valence-electron chi connectivity index (χ2n) is 2.75. The molecular formula is C10H8N2O2S. The zero-order valence-corrected chi connectivity index (χ0v) is 8.61. The molecule has 4 nitrogen and oxygen atoms in total. The van der Waals surface area contributed by atoms with Crippen molar-refractivity contribution in [2.45, 2.75) is 10.9 Å². The predicted octanol–water partition coefficient (Wildman–Crippen LogP) is 1.72. The maximum Gasteiger partial charge on any atom is 0.187 e. The molecule has 0 bridgehead atoms. The lowest BCUT2D eigenvalue weighted by molar-refractivity contribution is 0.510. The zero-order chi connectivity index (χ0) is 10.5. The van der Waals surface area contributed by atoms with E-state index in [1.807, 2.05) is 0 Å². The minimum absolute atomic E-state index is 0.0502. The van der Waals surface area contributed by atoms with Gasteiger partial charge in [0.15, 0.2) is 10.6 Å². The summed E-state index contributed by atoms with van der Waals surface area (Å²) in [6.07, 6.45) is 4.75. The number of aromatic nitrogens is 2. The molecule has 2 aromatic rings. The van der Waals surface area contributed by atoms with Crippen LogP contribution >= 0.6 is 11.8 Å². The summed E-state index contributed by atoms with van der Waals surface area (Å²) in [6, 6.07) is 4.61. The first-order valence-electron chi connectivity index (χ1n) is 4.32. The first kappa shape index (κ1) is 9.92. The second-order valence-corrected chi connectivity index (χ2v) is 3.70. The van der Waals surface area contributed by atoms with Gasteiger partial charge in [-0.3, -0.25) is 4.79 Å². The molecule has 2 heterocycles. The average molecular weight is 220 g/mol. The van der Waals surface area contributed by atoms with Crippen molar-refractivity contribution in [3.8, 4) is 0 Å². The Morgan fingerprint density at radius 3 is 2.87 bits per heavy atom. The smallest absolute Gasteiger partial charge is 0.187 e. The summed E-state index contributed by atoms with van der Waals surface area (Å²) < 4.78 is 5.15. The van der Waals surface area contributed by atoms with Crippen LogP contribution in [0.25, 0.3) is 0 Å². The molecule has 2 rings (SSSR count). The van der Waals surface area contributed by atoms with Gasteiger partial charge in [0, 0.05) is 24.5 Å². The fourth-order valence-corrected chi connectivity index (χ4v) is 1.69. The van der Waals surface area contributed by atoms with E-state index in [4.69, 9.17) is 4.42 Å². The van der Waals surface area contributed by atoms with Crippen molar-refractivity contribution in [2.75, 3.05) is 0 Å². The summed E-state index contributed by atoms with van der Waals surface area (Å²) in [6.45, 7) is 0. The molecular weight excluding hydrogens is 212 g/mol. The number of hydrogen-bond donors (Lipinski definition) is 0. The van der Waals surface area contributed by atoms with Crippen molar-refractivity contribution in [1.82, 2.24) is 9.97 Å². The molecule has 0 fully saturated rings. The molecule has 0 saturated heterocycles. The van der Waals surface area contributed by atoms with Gasteiger partial charge in [-0.05, 0) is 6.07 Å².